The fraction of sp³-hybridized carbons (Fsp3) is 0.480. The van der Waals surface area contributed by atoms with E-state index in [-0.39, 0.29) is 23.2 Å². The summed E-state index contributed by atoms with van der Waals surface area (Å²) >= 11 is 1.34. The number of aromatic nitrogens is 3. The van der Waals surface area contributed by atoms with Crippen molar-refractivity contribution in [2.24, 2.45) is 0 Å². The van der Waals surface area contributed by atoms with Crippen LogP contribution >= 0.6 is 11.8 Å². The van der Waals surface area contributed by atoms with E-state index in [1.807, 2.05) is 45.0 Å². The first-order chi connectivity index (χ1) is 15.4. The highest BCUT2D eigenvalue weighted by molar-refractivity contribution is 7.99. The molecule has 0 radical (unpaired) electrons. The van der Waals surface area contributed by atoms with Gasteiger partial charge in [0.1, 0.15) is 0 Å². The quantitative estimate of drug-likeness (QED) is 0.188. The minimum atomic E-state index is -0.0676. The Morgan fingerprint density at radius 1 is 1.25 bits per heavy atom. The summed E-state index contributed by atoms with van der Waals surface area (Å²) in [5, 5.41) is 1.18. The van der Waals surface area contributed by atoms with Gasteiger partial charge in [-0.2, -0.15) is 0 Å². The lowest BCUT2D eigenvalue weighted by Gasteiger charge is -2.14. The molecule has 0 bridgehead atoms. The molecule has 1 aliphatic rings. The van der Waals surface area contributed by atoms with Gasteiger partial charge >= 0.3 is 0 Å². The van der Waals surface area contributed by atoms with E-state index >= 15 is 0 Å². The number of rotatable bonds is 10. The number of hydrogen-bond donors (Lipinski definition) is 0. The number of ketones is 1. The third kappa shape index (κ3) is 4.84. The summed E-state index contributed by atoms with van der Waals surface area (Å²) < 4.78 is 9.62. The zero-order chi connectivity index (χ0) is 22.8. The average Bonchev–Trinajstić information content (AvgIpc) is 3.55. The van der Waals surface area contributed by atoms with Crippen molar-refractivity contribution in [3.63, 3.8) is 0 Å². The first-order valence-electron chi connectivity index (χ1n) is 11.3. The maximum atomic E-state index is 13.2. The number of benzene rings is 1. The summed E-state index contributed by atoms with van der Waals surface area (Å²) in [6.07, 6.45) is 3.24. The molecule has 4 rings (SSSR count). The number of ether oxygens (including phenoxy) is 1. The maximum Gasteiger partial charge on any atom is 0.262 e. The standard InChI is InChI=1S/C25H31N3O3S/c1-16(2)31-13-7-12-27-24(30)20-8-5-6-9-22(20)26-25(27)32-15-23(29)21-14-17(3)28(18(21)4)19-10-11-19/h5-6,8-9,14,16,19H,7,10-13,15H2,1-4H3. The Kier molecular flexibility index (Phi) is 6.86. The van der Waals surface area contributed by atoms with Crippen molar-refractivity contribution in [2.75, 3.05) is 12.4 Å². The summed E-state index contributed by atoms with van der Waals surface area (Å²) in [5.41, 5.74) is 3.56. The Bertz CT molecular complexity index is 1190. The number of thioether (sulfide) groups is 1. The van der Waals surface area contributed by atoms with Crippen LogP contribution in [0, 0.1) is 13.8 Å². The molecule has 0 N–H and O–H groups in total. The first kappa shape index (κ1) is 22.8. The second-order valence-corrected chi connectivity index (χ2v) is 9.68. The van der Waals surface area contributed by atoms with Gasteiger partial charge < -0.3 is 9.30 Å². The number of nitrogens with zero attached hydrogens (tertiary/aromatic N) is 3. The normalized spacial score (nSPS) is 13.9. The van der Waals surface area contributed by atoms with Gasteiger partial charge in [-0.1, -0.05) is 23.9 Å². The average molecular weight is 454 g/mol. The molecule has 1 aliphatic carbocycles. The second kappa shape index (κ2) is 9.63. The molecule has 1 aromatic carbocycles. The van der Waals surface area contributed by atoms with Crippen LogP contribution in [0.5, 0.6) is 0 Å². The van der Waals surface area contributed by atoms with Crippen molar-refractivity contribution in [1.29, 1.82) is 0 Å². The van der Waals surface area contributed by atoms with Crippen molar-refractivity contribution in [3.05, 3.63) is 57.6 Å². The van der Waals surface area contributed by atoms with Crippen LogP contribution in [0.4, 0.5) is 0 Å². The van der Waals surface area contributed by atoms with Crippen molar-refractivity contribution in [1.82, 2.24) is 14.1 Å². The molecule has 3 aromatic rings. The molecule has 7 heteroatoms. The molecule has 32 heavy (non-hydrogen) atoms. The summed E-state index contributed by atoms with van der Waals surface area (Å²) in [6, 6.07) is 9.92. The van der Waals surface area contributed by atoms with Crippen LogP contribution in [-0.2, 0) is 11.3 Å². The van der Waals surface area contributed by atoms with Crippen molar-refractivity contribution in [3.8, 4) is 0 Å². The molecule has 0 saturated heterocycles. The summed E-state index contributed by atoms with van der Waals surface area (Å²) in [7, 11) is 0. The molecule has 2 heterocycles. The van der Waals surface area contributed by atoms with Gasteiger partial charge in [0.05, 0.1) is 22.8 Å². The zero-order valence-corrected chi connectivity index (χ0v) is 20.1. The highest BCUT2D eigenvalue weighted by Crippen LogP contribution is 2.38. The van der Waals surface area contributed by atoms with Gasteiger partial charge in [-0.15, -0.1) is 0 Å². The predicted octanol–water partition coefficient (Wildman–Crippen LogP) is 4.94. The smallest absolute Gasteiger partial charge is 0.262 e. The summed E-state index contributed by atoms with van der Waals surface area (Å²) in [4.78, 5) is 31.0. The lowest BCUT2D eigenvalue weighted by Crippen LogP contribution is -2.24. The van der Waals surface area contributed by atoms with E-state index in [2.05, 4.69) is 11.5 Å². The van der Waals surface area contributed by atoms with E-state index in [0.717, 1.165) is 17.0 Å². The molecule has 0 spiro atoms. The molecule has 0 unspecified atom stereocenters. The van der Waals surface area contributed by atoms with Gasteiger partial charge in [0.15, 0.2) is 10.9 Å². The van der Waals surface area contributed by atoms with E-state index in [1.165, 1.54) is 24.6 Å². The molecular formula is C25H31N3O3S. The Labute approximate surface area is 193 Å². The number of aryl methyl sites for hydroxylation is 1. The summed E-state index contributed by atoms with van der Waals surface area (Å²) in [5.74, 6) is 0.328. The van der Waals surface area contributed by atoms with Crippen LogP contribution < -0.4 is 5.56 Å². The molecule has 1 saturated carbocycles. The maximum absolute atomic E-state index is 13.2. The fourth-order valence-corrected chi connectivity index (χ4v) is 5.07. The Balaban J connectivity index is 1.56. The minimum Gasteiger partial charge on any atom is -0.379 e. The van der Waals surface area contributed by atoms with Crippen LogP contribution in [0.15, 0.2) is 40.3 Å². The molecule has 0 aliphatic heterocycles. The van der Waals surface area contributed by atoms with Crippen LogP contribution in [-0.4, -0.2) is 38.4 Å². The highest BCUT2D eigenvalue weighted by Gasteiger charge is 2.28. The Hall–Kier alpha value is -2.38. The van der Waals surface area contributed by atoms with Gasteiger partial charge in [-0.05, 0) is 65.2 Å². The van der Waals surface area contributed by atoms with Crippen molar-refractivity contribution >= 4 is 28.4 Å². The van der Waals surface area contributed by atoms with E-state index in [0.29, 0.717) is 41.7 Å². The van der Waals surface area contributed by atoms with E-state index in [9.17, 15) is 9.59 Å². The zero-order valence-electron chi connectivity index (χ0n) is 19.3. The number of carbonyl (C=O) groups is 1. The van der Waals surface area contributed by atoms with Crippen LogP contribution in [0.2, 0.25) is 0 Å². The Morgan fingerprint density at radius 3 is 2.72 bits per heavy atom. The SMILES string of the molecule is Cc1cc(C(=O)CSc2nc3ccccc3c(=O)n2CCCOC(C)C)c(C)n1C1CC1. The Morgan fingerprint density at radius 2 is 2.00 bits per heavy atom. The van der Waals surface area contributed by atoms with E-state index in [4.69, 9.17) is 9.72 Å². The van der Waals surface area contributed by atoms with Gasteiger partial charge in [0, 0.05) is 36.1 Å². The van der Waals surface area contributed by atoms with Crippen molar-refractivity contribution < 1.29 is 9.53 Å². The number of fused-ring (bicyclic) bond motifs is 1. The van der Waals surface area contributed by atoms with Gasteiger partial charge in [-0.25, -0.2) is 4.98 Å². The lowest BCUT2D eigenvalue weighted by molar-refractivity contribution is 0.0743. The molecular weight excluding hydrogens is 422 g/mol. The highest BCUT2D eigenvalue weighted by atomic mass is 32.2. The molecule has 0 amide bonds. The molecule has 1 fully saturated rings. The van der Waals surface area contributed by atoms with Gasteiger partial charge in [0.25, 0.3) is 5.56 Å². The van der Waals surface area contributed by atoms with E-state index in [1.54, 1.807) is 10.6 Å². The molecule has 2 aromatic heterocycles. The van der Waals surface area contributed by atoms with Crippen LogP contribution in [0.1, 0.15) is 60.9 Å². The van der Waals surface area contributed by atoms with E-state index < -0.39 is 0 Å². The molecule has 170 valence electrons. The fourth-order valence-electron chi connectivity index (χ4n) is 4.16. The largest absolute Gasteiger partial charge is 0.379 e. The van der Waals surface area contributed by atoms with Gasteiger partial charge in [0.2, 0.25) is 0 Å². The monoisotopic (exact) mass is 453 g/mol. The predicted molar refractivity (Wildman–Crippen MR) is 129 cm³/mol. The second-order valence-electron chi connectivity index (χ2n) is 8.74. The van der Waals surface area contributed by atoms with Crippen LogP contribution in [0.3, 0.4) is 0 Å². The first-order valence-corrected chi connectivity index (χ1v) is 12.3. The third-order valence-corrected chi connectivity index (χ3v) is 6.81. The topological polar surface area (TPSA) is 66.1 Å². The van der Waals surface area contributed by atoms with Crippen molar-refractivity contribution in [2.45, 2.75) is 70.8 Å². The molecule has 0 atom stereocenters. The third-order valence-electron chi connectivity index (χ3n) is 5.83. The number of para-hydroxylation sites is 1. The number of carbonyl (C=O) groups excluding carboxylic acids is 1. The molecule has 6 nitrogen and oxygen atoms in total. The van der Waals surface area contributed by atoms with Gasteiger partial charge in [-0.3, -0.25) is 14.2 Å². The van der Waals surface area contributed by atoms with Crippen LogP contribution in [0.25, 0.3) is 10.9 Å². The minimum absolute atomic E-state index is 0.0676. The number of Topliss-reactive ketones (excluding diaryl/α,β-unsaturated/α-hetero) is 1. The summed E-state index contributed by atoms with van der Waals surface area (Å²) in [6.45, 7) is 9.18. The number of hydrogen-bond acceptors (Lipinski definition) is 5. The lowest BCUT2D eigenvalue weighted by atomic mass is 10.2.